The summed E-state index contributed by atoms with van der Waals surface area (Å²) in [5, 5.41) is 33.8. The lowest BCUT2D eigenvalue weighted by molar-refractivity contribution is -0.170. The van der Waals surface area contributed by atoms with Crippen molar-refractivity contribution < 1.29 is 43.9 Å². The van der Waals surface area contributed by atoms with Gasteiger partial charge in [0.1, 0.15) is 18.2 Å². The van der Waals surface area contributed by atoms with E-state index in [9.17, 15) is 18.8 Å². The molecule has 4 N–H and O–H groups in total. The summed E-state index contributed by atoms with van der Waals surface area (Å²) < 4.78 is 20.7. The second-order valence-corrected chi connectivity index (χ2v) is 10.8. The molecule has 9 nitrogen and oxygen atoms in total. The molecule has 0 aromatic heterocycles. The smallest absolute Gasteiger partial charge is 0.336 e. The minimum atomic E-state index is -2.74. The molecule has 0 bridgehead atoms. The number of aryl methyl sites for hydroxylation is 1. The average Bonchev–Trinajstić information content (AvgIpc) is 2.99. The molecular formula is C34H40FNO8. The highest BCUT2D eigenvalue weighted by Crippen LogP contribution is 2.47. The van der Waals surface area contributed by atoms with E-state index < -0.39 is 36.4 Å². The number of carboxylic acid groups (broad SMARTS) is 3. The van der Waals surface area contributed by atoms with E-state index in [1.54, 1.807) is 12.1 Å². The van der Waals surface area contributed by atoms with Crippen LogP contribution in [0.1, 0.15) is 67.2 Å². The number of aliphatic carboxylic acids is 3. The molecule has 0 amide bonds. The maximum absolute atomic E-state index is 14.7. The predicted molar refractivity (Wildman–Crippen MR) is 163 cm³/mol. The number of rotatable bonds is 13. The van der Waals surface area contributed by atoms with Gasteiger partial charge in [0.15, 0.2) is 5.60 Å². The van der Waals surface area contributed by atoms with Gasteiger partial charge in [-0.3, -0.25) is 9.59 Å². The van der Waals surface area contributed by atoms with E-state index in [2.05, 4.69) is 67.3 Å². The molecule has 0 heterocycles. The Balaban J connectivity index is 0.000000345. The summed E-state index contributed by atoms with van der Waals surface area (Å²) >= 11 is 0. The molecule has 0 saturated carbocycles. The van der Waals surface area contributed by atoms with Crippen molar-refractivity contribution >= 4 is 17.9 Å². The van der Waals surface area contributed by atoms with E-state index in [0.29, 0.717) is 6.61 Å². The molecule has 4 rings (SSSR count). The molecule has 2 unspecified atom stereocenters. The Morgan fingerprint density at radius 2 is 1.43 bits per heavy atom. The number of fused-ring (bicyclic) bond motifs is 1. The fourth-order valence-electron chi connectivity index (χ4n) is 5.60. The van der Waals surface area contributed by atoms with Gasteiger partial charge in [0, 0.05) is 12.5 Å². The fraction of sp³-hybridized carbons (Fsp3) is 0.382. The molecule has 2 atom stereocenters. The number of halogens is 1. The number of likely N-dealkylation sites (N-methyl/N-ethyl adjacent to an activating group) is 1. The molecule has 44 heavy (non-hydrogen) atoms. The molecule has 3 aromatic rings. The van der Waals surface area contributed by atoms with Crippen LogP contribution in [0.3, 0.4) is 0 Å². The lowest BCUT2D eigenvalue weighted by Crippen LogP contribution is -2.42. The van der Waals surface area contributed by atoms with Gasteiger partial charge in [-0.15, -0.1) is 0 Å². The second-order valence-electron chi connectivity index (χ2n) is 10.8. The van der Waals surface area contributed by atoms with Gasteiger partial charge < -0.3 is 30.1 Å². The largest absolute Gasteiger partial charge is 0.492 e. The molecule has 1 aliphatic carbocycles. The van der Waals surface area contributed by atoms with Gasteiger partial charge in [0.05, 0.1) is 12.8 Å². The summed E-state index contributed by atoms with van der Waals surface area (Å²) in [5.74, 6) is -3.96. The summed E-state index contributed by atoms with van der Waals surface area (Å²) in [7, 11) is 0. The van der Waals surface area contributed by atoms with Crippen LogP contribution < -0.4 is 4.74 Å². The molecular weight excluding hydrogens is 569 g/mol. The maximum atomic E-state index is 14.7. The molecule has 0 aliphatic heterocycles. The number of aliphatic hydroxyl groups is 1. The molecule has 236 valence electrons. The van der Waals surface area contributed by atoms with Gasteiger partial charge in [-0.25, -0.2) is 9.18 Å². The van der Waals surface area contributed by atoms with Crippen molar-refractivity contribution in [1.82, 2.24) is 4.90 Å². The Labute approximate surface area is 256 Å². The Hall–Kier alpha value is -4.28. The minimum Gasteiger partial charge on any atom is -0.492 e. The first-order valence-corrected chi connectivity index (χ1v) is 14.7. The minimum absolute atomic E-state index is 0.103. The van der Waals surface area contributed by atoms with E-state index in [1.807, 2.05) is 12.1 Å². The van der Waals surface area contributed by atoms with Crippen molar-refractivity contribution in [2.24, 2.45) is 0 Å². The molecule has 10 heteroatoms. The predicted octanol–water partition coefficient (Wildman–Crippen LogP) is 5.16. The van der Waals surface area contributed by atoms with Gasteiger partial charge in [0.25, 0.3) is 0 Å². The van der Waals surface area contributed by atoms with Crippen molar-refractivity contribution in [3.8, 4) is 5.75 Å². The van der Waals surface area contributed by atoms with Crippen LogP contribution in [0.5, 0.6) is 5.75 Å². The molecule has 1 aliphatic rings. The van der Waals surface area contributed by atoms with Crippen LogP contribution in [0.25, 0.3) is 0 Å². The van der Waals surface area contributed by atoms with Gasteiger partial charge in [-0.1, -0.05) is 68.4 Å². The molecule has 0 spiro atoms. The number of benzene rings is 3. The quantitative estimate of drug-likeness (QED) is 0.207. The molecule has 0 radical (unpaired) electrons. The van der Waals surface area contributed by atoms with Gasteiger partial charge >= 0.3 is 17.9 Å². The number of hydrogen-bond donors (Lipinski definition) is 4. The zero-order valence-electron chi connectivity index (χ0n) is 25.0. The van der Waals surface area contributed by atoms with Gasteiger partial charge in [-0.2, -0.15) is 0 Å². The summed E-state index contributed by atoms with van der Waals surface area (Å²) in [6.07, 6.45) is -0.355. The zero-order chi connectivity index (χ0) is 32.3. The van der Waals surface area contributed by atoms with Crippen LogP contribution in [0.2, 0.25) is 0 Å². The van der Waals surface area contributed by atoms with E-state index >= 15 is 0 Å². The fourth-order valence-corrected chi connectivity index (χ4v) is 5.60. The topological polar surface area (TPSA) is 145 Å². The normalized spacial score (nSPS) is 15.9. The SMILES string of the molecule is CCN(CC)CCOc1ccc(C2c3ccccc3CCC2c2ccccc2F)cc1.O=C(O)CC(O)(CC(=O)O)C(=O)O. The third kappa shape index (κ3) is 9.11. The highest BCUT2D eigenvalue weighted by Gasteiger charge is 2.40. The lowest BCUT2D eigenvalue weighted by Gasteiger charge is -2.35. The summed E-state index contributed by atoms with van der Waals surface area (Å²) in [5.41, 5.74) is 1.99. The van der Waals surface area contributed by atoms with E-state index in [-0.39, 0.29) is 17.7 Å². The molecule has 0 saturated heterocycles. The number of ether oxygens (including phenoxy) is 1. The Morgan fingerprint density at radius 3 is 1.98 bits per heavy atom. The number of carbonyl (C=O) groups is 3. The van der Waals surface area contributed by atoms with Crippen molar-refractivity contribution in [3.63, 3.8) is 0 Å². The van der Waals surface area contributed by atoms with Crippen molar-refractivity contribution in [1.29, 1.82) is 0 Å². The Morgan fingerprint density at radius 1 is 0.864 bits per heavy atom. The van der Waals surface area contributed by atoms with Crippen LogP contribution in [0, 0.1) is 5.82 Å². The Bertz CT molecular complexity index is 1390. The highest BCUT2D eigenvalue weighted by molar-refractivity contribution is 5.88. The second kappa shape index (κ2) is 16.0. The highest BCUT2D eigenvalue weighted by atomic mass is 19.1. The van der Waals surface area contributed by atoms with Crippen LogP contribution in [0.15, 0.2) is 72.8 Å². The van der Waals surface area contributed by atoms with Gasteiger partial charge in [-0.05, 0) is 72.3 Å². The van der Waals surface area contributed by atoms with Crippen LogP contribution in [-0.4, -0.2) is 75.1 Å². The first kappa shape index (κ1) is 34.2. The van der Waals surface area contributed by atoms with E-state index in [0.717, 1.165) is 43.8 Å². The first-order valence-electron chi connectivity index (χ1n) is 14.7. The van der Waals surface area contributed by atoms with Crippen molar-refractivity contribution in [2.75, 3.05) is 26.2 Å². The summed E-state index contributed by atoms with van der Waals surface area (Å²) in [4.78, 5) is 32.8. The summed E-state index contributed by atoms with van der Waals surface area (Å²) in [6.45, 7) is 8.04. The van der Waals surface area contributed by atoms with Crippen molar-refractivity contribution in [2.45, 2.75) is 57.0 Å². The van der Waals surface area contributed by atoms with Crippen molar-refractivity contribution in [3.05, 3.63) is 101 Å². The van der Waals surface area contributed by atoms with Crippen LogP contribution in [0.4, 0.5) is 4.39 Å². The van der Waals surface area contributed by atoms with Crippen LogP contribution in [-0.2, 0) is 20.8 Å². The lowest BCUT2D eigenvalue weighted by atomic mass is 9.69. The zero-order valence-corrected chi connectivity index (χ0v) is 25.0. The van der Waals surface area contributed by atoms with Gasteiger partial charge in [0.2, 0.25) is 0 Å². The summed E-state index contributed by atoms with van der Waals surface area (Å²) in [6, 6.07) is 24.3. The number of nitrogens with zero attached hydrogens (tertiary/aromatic N) is 1. The van der Waals surface area contributed by atoms with Crippen LogP contribution >= 0.6 is 0 Å². The number of hydrogen-bond acceptors (Lipinski definition) is 6. The standard InChI is InChI=1S/C28H32FNO.C6H8O7/c1-3-30(4-2)19-20-31-23-16-13-22(14-17-23)28-24-10-6-5-9-21(24)15-18-26(28)25-11-7-8-12-27(25)29;7-3(8)1-6(13,5(11)12)2-4(9)10/h5-14,16-17,26,28H,3-4,15,18-20H2,1-2H3;13H,1-2H2,(H,7,8)(H,9,10)(H,11,12). The molecule has 0 fully saturated rings. The van der Waals surface area contributed by atoms with E-state index in [4.69, 9.17) is 25.2 Å². The maximum Gasteiger partial charge on any atom is 0.336 e. The monoisotopic (exact) mass is 609 g/mol. The average molecular weight is 610 g/mol. The third-order valence-corrected chi connectivity index (χ3v) is 7.92. The molecule has 3 aromatic carbocycles. The third-order valence-electron chi connectivity index (χ3n) is 7.92. The Kier molecular flexibility index (Phi) is 12.4. The first-order chi connectivity index (χ1) is 21.0. The number of carboxylic acids is 3. The van der Waals surface area contributed by atoms with E-state index in [1.165, 1.54) is 16.7 Å².